The lowest BCUT2D eigenvalue weighted by Crippen LogP contribution is -2.00. The zero-order chi connectivity index (χ0) is 16.1. The van der Waals surface area contributed by atoms with E-state index in [1.807, 2.05) is 0 Å². The van der Waals surface area contributed by atoms with Gasteiger partial charge in [0.1, 0.15) is 18.2 Å². The molecule has 0 aliphatic carbocycles. The molecular weight excluding hydrogens is 294 g/mol. The molecule has 22 heavy (non-hydrogen) atoms. The molecule has 2 aromatic carbocycles. The van der Waals surface area contributed by atoms with Gasteiger partial charge in [0.2, 0.25) is 0 Å². The van der Waals surface area contributed by atoms with Crippen molar-refractivity contribution < 1.29 is 28.5 Å². The summed E-state index contributed by atoms with van der Waals surface area (Å²) < 4.78 is 31.6. The summed E-state index contributed by atoms with van der Waals surface area (Å²) >= 11 is 0. The fourth-order valence-corrected chi connectivity index (χ4v) is 1.90. The molecule has 0 saturated heterocycles. The number of aliphatic carboxylic acids is 1. The summed E-state index contributed by atoms with van der Waals surface area (Å²) in [5.41, 5.74) is 1.06. The van der Waals surface area contributed by atoms with Crippen LogP contribution in [0.25, 0.3) is 0 Å². The van der Waals surface area contributed by atoms with E-state index in [1.54, 1.807) is 12.1 Å². The molecule has 0 spiro atoms. The minimum Gasteiger partial charge on any atom is -0.508 e. The molecule has 0 aliphatic rings. The molecular formula is C16H14F2O4. The van der Waals surface area contributed by atoms with Crippen LogP contribution in [0.15, 0.2) is 36.4 Å². The van der Waals surface area contributed by atoms with Crippen LogP contribution in [-0.4, -0.2) is 16.2 Å². The normalized spacial score (nSPS) is 10.5. The van der Waals surface area contributed by atoms with E-state index < -0.39 is 17.6 Å². The van der Waals surface area contributed by atoms with Crippen molar-refractivity contribution in [2.45, 2.75) is 19.4 Å². The number of carboxylic acid groups (broad SMARTS) is 1. The largest absolute Gasteiger partial charge is 0.508 e. The zero-order valence-electron chi connectivity index (χ0n) is 11.6. The Balaban J connectivity index is 2.03. The van der Waals surface area contributed by atoms with Crippen molar-refractivity contribution in [1.82, 2.24) is 0 Å². The van der Waals surface area contributed by atoms with Crippen molar-refractivity contribution in [3.05, 3.63) is 59.2 Å². The van der Waals surface area contributed by atoms with Crippen LogP contribution < -0.4 is 4.74 Å². The Bertz CT molecular complexity index is 686. The van der Waals surface area contributed by atoms with Crippen molar-refractivity contribution in [2.24, 2.45) is 0 Å². The van der Waals surface area contributed by atoms with E-state index in [4.69, 9.17) is 9.84 Å². The molecule has 0 radical (unpaired) electrons. The zero-order valence-corrected chi connectivity index (χ0v) is 11.6. The summed E-state index contributed by atoms with van der Waals surface area (Å²) in [4.78, 5) is 10.5. The van der Waals surface area contributed by atoms with Gasteiger partial charge in [0.15, 0.2) is 11.6 Å². The second-order valence-electron chi connectivity index (χ2n) is 4.72. The van der Waals surface area contributed by atoms with Gasteiger partial charge in [-0.2, -0.15) is 0 Å². The van der Waals surface area contributed by atoms with Crippen LogP contribution >= 0.6 is 0 Å². The number of ether oxygens (including phenoxy) is 1. The Labute approximate surface area is 125 Å². The van der Waals surface area contributed by atoms with Gasteiger partial charge in [0.25, 0.3) is 0 Å². The van der Waals surface area contributed by atoms with Gasteiger partial charge < -0.3 is 14.9 Å². The van der Waals surface area contributed by atoms with Crippen LogP contribution in [0.2, 0.25) is 0 Å². The average Bonchev–Trinajstić information content (AvgIpc) is 2.47. The molecule has 0 aliphatic heterocycles. The number of phenolic OH excluding ortho intramolecular Hbond substituents is 1. The highest BCUT2D eigenvalue weighted by molar-refractivity contribution is 5.67. The number of rotatable bonds is 6. The van der Waals surface area contributed by atoms with Gasteiger partial charge in [-0.15, -0.1) is 0 Å². The van der Waals surface area contributed by atoms with Crippen LogP contribution in [0.4, 0.5) is 8.78 Å². The summed E-state index contributed by atoms with van der Waals surface area (Å²) in [5, 5.41) is 18.4. The summed E-state index contributed by atoms with van der Waals surface area (Å²) in [6.45, 7) is -0.0485. The van der Waals surface area contributed by atoms with Gasteiger partial charge in [0.05, 0.1) is 0 Å². The number of aromatic hydroxyl groups is 1. The number of hydrogen-bond donors (Lipinski definition) is 2. The maximum absolute atomic E-state index is 13.4. The molecule has 2 N–H and O–H groups in total. The molecule has 2 aromatic rings. The van der Waals surface area contributed by atoms with Crippen molar-refractivity contribution >= 4 is 5.97 Å². The van der Waals surface area contributed by atoms with Gasteiger partial charge in [-0.3, -0.25) is 4.79 Å². The molecule has 6 heteroatoms. The first-order chi connectivity index (χ1) is 10.5. The second-order valence-corrected chi connectivity index (χ2v) is 4.72. The summed E-state index contributed by atoms with van der Waals surface area (Å²) in [6, 6.07) is 7.53. The third kappa shape index (κ3) is 4.18. The fourth-order valence-electron chi connectivity index (χ4n) is 1.90. The highest BCUT2D eigenvalue weighted by Gasteiger charge is 2.08. The van der Waals surface area contributed by atoms with Crippen LogP contribution in [-0.2, 0) is 17.8 Å². The Hall–Kier alpha value is -2.63. The van der Waals surface area contributed by atoms with Gasteiger partial charge in [-0.25, -0.2) is 8.78 Å². The lowest BCUT2D eigenvalue weighted by Gasteiger charge is -2.09. The molecule has 0 amide bonds. The van der Waals surface area contributed by atoms with Crippen LogP contribution in [0.5, 0.6) is 11.5 Å². The van der Waals surface area contributed by atoms with Crippen LogP contribution in [0.3, 0.4) is 0 Å². The molecule has 0 atom stereocenters. The lowest BCUT2D eigenvalue weighted by molar-refractivity contribution is -0.136. The Morgan fingerprint density at radius 2 is 1.91 bits per heavy atom. The van der Waals surface area contributed by atoms with Crippen molar-refractivity contribution in [3.63, 3.8) is 0 Å². The highest BCUT2D eigenvalue weighted by atomic mass is 19.1. The van der Waals surface area contributed by atoms with Gasteiger partial charge in [0, 0.05) is 12.5 Å². The molecule has 0 bridgehead atoms. The first-order valence-electron chi connectivity index (χ1n) is 6.56. The van der Waals surface area contributed by atoms with Crippen molar-refractivity contribution in [3.8, 4) is 11.5 Å². The first kappa shape index (κ1) is 15.8. The number of hydrogen-bond acceptors (Lipinski definition) is 3. The molecule has 4 nitrogen and oxygen atoms in total. The SMILES string of the molecule is O=C(O)CCc1ccc(COc2cc(F)ccc2F)cc1O. The molecule has 0 aromatic heterocycles. The van der Waals surface area contributed by atoms with E-state index in [-0.39, 0.29) is 30.9 Å². The van der Waals surface area contributed by atoms with E-state index in [9.17, 15) is 18.7 Å². The van der Waals surface area contributed by atoms with E-state index in [0.29, 0.717) is 11.1 Å². The average molecular weight is 308 g/mol. The third-order valence-electron chi connectivity index (χ3n) is 3.05. The van der Waals surface area contributed by atoms with E-state index in [1.165, 1.54) is 6.07 Å². The number of benzene rings is 2. The van der Waals surface area contributed by atoms with Crippen molar-refractivity contribution in [2.75, 3.05) is 0 Å². The smallest absolute Gasteiger partial charge is 0.303 e. The van der Waals surface area contributed by atoms with E-state index in [0.717, 1.165) is 18.2 Å². The van der Waals surface area contributed by atoms with E-state index >= 15 is 0 Å². The Kier molecular flexibility index (Phi) is 4.93. The molecule has 0 unspecified atom stereocenters. The summed E-state index contributed by atoms with van der Waals surface area (Å²) in [5.74, 6) is -2.50. The summed E-state index contributed by atoms with van der Waals surface area (Å²) in [6.07, 6.45) is 0.124. The molecule has 2 rings (SSSR count). The highest BCUT2D eigenvalue weighted by Crippen LogP contribution is 2.23. The third-order valence-corrected chi connectivity index (χ3v) is 3.05. The summed E-state index contributed by atoms with van der Waals surface area (Å²) in [7, 11) is 0. The minimum absolute atomic E-state index is 0.0485. The van der Waals surface area contributed by atoms with E-state index in [2.05, 4.69) is 0 Å². The number of aryl methyl sites for hydroxylation is 1. The Morgan fingerprint density at radius 1 is 1.14 bits per heavy atom. The molecule has 0 saturated carbocycles. The number of carboxylic acids is 1. The number of halogens is 2. The topological polar surface area (TPSA) is 66.8 Å². The fraction of sp³-hybridized carbons (Fsp3) is 0.188. The predicted molar refractivity (Wildman–Crippen MR) is 74.8 cm³/mol. The van der Waals surface area contributed by atoms with Crippen LogP contribution in [0.1, 0.15) is 17.5 Å². The number of carbonyl (C=O) groups is 1. The standard InChI is InChI=1S/C16H14F2O4/c17-12-4-5-13(18)15(8-12)22-9-10-1-2-11(14(19)7-10)3-6-16(20)21/h1-2,4-5,7-8,19H,3,6,9H2,(H,20,21). The van der Waals surface area contributed by atoms with Gasteiger partial charge >= 0.3 is 5.97 Å². The van der Waals surface area contributed by atoms with Gasteiger partial charge in [-0.1, -0.05) is 12.1 Å². The monoisotopic (exact) mass is 308 g/mol. The first-order valence-corrected chi connectivity index (χ1v) is 6.56. The molecule has 0 heterocycles. The lowest BCUT2D eigenvalue weighted by atomic mass is 10.1. The molecule has 116 valence electrons. The molecule has 0 fully saturated rings. The van der Waals surface area contributed by atoms with Crippen molar-refractivity contribution in [1.29, 1.82) is 0 Å². The van der Waals surface area contributed by atoms with Crippen LogP contribution in [0, 0.1) is 11.6 Å². The quantitative estimate of drug-likeness (QED) is 0.859. The van der Waals surface area contributed by atoms with Gasteiger partial charge in [-0.05, 0) is 35.7 Å². The predicted octanol–water partition coefficient (Wildman–Crippen LogP) is 3.27. The second kappa shape index (κ2) is 6.89. The minimum atomic E-state index is -0.951. The maximum Gasteiger partial charge on any atom is 0.303 e. The maximum atomic E-state index is 13.4. The Morgan fingerprint density at radius 3 is 2.59 bits per heavy atom. The number of phenols is 1.